The van der Waals surface area contributed by atoms with Crippen molar-refractivity contribution in [1.29, 1.82) is 0 Å². The summed E-state index contributed by atoms with van der Waals surface area (Å²) in [5.74, 6) is 0. The number of rotatable bonds is 2. The minimum atomic E-state index is 0.620. The van der Waals surface area contributed by atoms with Crippen molar-refractivity contribution in [3.05, 3.63) is 57.4 Å². The number of benzene rings is 1. The summed E-state index contributed by atoms with van der Waals surface area (Å²) in [6.45, 7) is 2.66. The molecule has 0 aliphatic carbocycles. The van der Waals surface area contributed by atoms with E-state index in [4.69, 9.17) is 23.8 Å². The van der Waals surface area contributed by atoms with E-state index in [1.165, 1.54) is 0 Å². The number of fused-ring (bicyclic) bond motifs is 1. The van der Waals surface area contributed by atoms with E-state index in [0.29, 0.717) is 11.3 Å². The van der Waals surface area contributed by atoms with Crippen molar-refractivity contribution < 1.29 is 0 Å². The van der Waals surface area contributed by atoms with Crippen LogP contribution in [0.3, 0.4) is 0 Å². The van der Waals surface area contributed by atoms with Crippen LogP contribution in [0.2, 0.25) is 5.02 Å². The molecule has 0 fully saturated rings. The van der Waals surface area contributed by atoms with Crippen molar-refractivity contribution >= 4 is 35.0 Å². The molecule has 3 rings (SSSR count). The van der Waals surface area contributed by atoms with Gasteiger partial charge in [0.1, 0.15) is 0 Å². The molecule has 0 aliphatic heterocycles. The number of aryl methyl sites for hydroxylation is 1. The minimum Gasteiger partial charge on any atom is -0.329 e. The fourth-order valence-electron chi connectivity index (χ4n) is 2.12. The number of imidazole rings is 1. The van der Waals surface area contributed by atoms with Gasteiger partial charge in [0, 0.05) is 11.2 Å². The predicted octanol–water partition coefficient (Wildman–Crippen LogP) is 4.10. The van der Waals surface area contributed by atoms with Gasteiger partial charge in [0.25, 0.3) is 0 Å². The number of pyridine rings is 1. The second-order valence-corrected chi connectivity index (χ2v) is 5.23. The van der Waals surface area contributed by atoms with Gasteiger partial charge in [0.05, 0.1) is 12.1 Å². The van der Waals surface area contributed by atoms with Crippen LogP contribution in [-0.2, 0) is 6.54 Å². The van der Waals surface area contributed by atoms with Gasteiger partial charge in [-0.25, -0.2) is 4.98 Å². The van der Waals surface area contributed by atoms with Gasteiger partial charge in [-0.15, -0.1) is 0 Å². The van der Waals surface area contributed by atoms with E-state index in [9.17, 15) is 0 Å². The highest BCUT2D eigenvalue weighted by Crippen LogP contribution is 2.20. The number of hydrogen-bond acceptors (Lipinski definition) is 2. The van der Waals surface area contributed by atoms with Crippen molar-refractivity contribution in [3.63, 3.8) is 0 Å². The predicted molar refractivity (Wildman–Crippen MR) is 80.2 cm³/mol. The Morgan fingerprint density at radius 2 is 2.11 bits per heavy atom. The lowest BCUT2D eigenvalue weighted by molar-refractivity contribution is 0.801. The zero-order valence-corrected chi connectivity index (χ0v) is 11.9. The summed E-state index contributed by atoms with van der Waals surface area (Å²) in [5.41, 5.74) is 4.02. The molecule has 2 heterocycles. The zero-order chi connectivity index (χ0) is 13.4. The average Bonchev–Trinajstić information content (AvgIpc) is 2.71. The summed E-state index contributed by atoms with van der Waals surface area (Å²) in [6, 6.07) is 9.74. The number of aromatic amines is 1. The molecular weight excluding hydrogens is 278 g/mol. The molecule has 0 aliphatic rings. The first-order valence-electron chi connectivity index (χ1n) is 5.94. The third-order valence-corrected chi connectivity index (χ3v) is 3.85. The fourth-order valence-corrected chi connectivity index (χ4v) is 2.57. The van der Waals surface area contributed by atoms with Gasteiger partial charge in [-0.2, -0.15) is 0 Å². The quantitative estimate of drug-likeness (QED) is 0.721. The Morgan fingerprint density at radius 1 is 1.32 bits per heavy atom. The fraction of sp³-hybridized carbons (Fsp3) is 0.143. The standard InChI is InChI=1S/C14H12ClN3S/c1-9-6-7-16-13-12(9)17-14(19)18(13)8-10-4-2-3-5-11(10)15/h2-7H,8H2,1H3,(H,17,19). The van der Waals surface area contributed by atoms with Crippen molar-refractivity contribution in [2.24, 2.45) is 0 Å². The van der Waals surface area contributed by atoms with Crippen molar-refractivity contribution in [2.75, 3.05) is 0 Å². The number of hydrogen-bond donors (Lipinski definition) is 1. The number of aromatic nitrogens is 3. The Kier molecular flexibility index (Phi) is 3.12. The zero-order valence-electron chi connectivity index (χ0n) is 10.4. The van der Waals surface area contributed by atoms with Gasteiger partial charge in [-0.1, -0.05) is 29.8 Å². The first-order chi connectivity index (χ1) is 9.16. The van der Waals surface area contributed by atoms with Gasteiger partial charge in [-0.05, 0) is 42.4 Å². The smallest absolute Gasteiger partial charge is 0.179 e. The van der Waals surface area contributed by atoms with E-state index in [1.807, 2.05) is 41.8 Å². The summed E-state index contributed by atoms with van der Waals surface area (Å²) < 4.78 is 2.63. The second kappa shape index (κ2) is 4.79. The summed E-state index contributed by atoms with van der Waals surface area (Å²) in [4.78, 5) is 7.62. The number of H-pyrrole nitrogens is 1. The van der Waals surface area contributed by atoms with Gasteiger partial charge < -0.3 is 4.98 Å². The van der Waals surface area contributed by atoms with Crippen LogP contribution in [0, 0.1) is 11.7 Å². The number of nitrogens with one attached hydrogen (secondary N) is 1. The van der Waals surface area contributed by atoms with Gasteiger partial charge in [-0.3, -0.25) is 4.57 Å². The molecule has 3 aromatic rings. The van der Waals surface area contributed by atoms with Crippen LogP contribution in [0.1, 0.15) is 11.1 Å². The van der Waals surface area contributed by atoms with Gasteiger partial charge in [0.15, 0.2) is 10.4 Å². The SMILES string of the molecule is Cc1ccnc2c1[nH]c(=S)n2Cc1ccccc1Cl. The minimum absolute atomic E-state index is 0.620. The Labute approximate surface area is 120 Å². The molecule has 0 saturated heterocycles. The average molecular weight is 290 g/mol. The first-order valence-corrected chi connectivity index (χ1v) is 6.73. The van der Waals surface area contributed by atoms with Crippen LogP contribution < -0.4 is 0 Å². The highest BCUT2D eigenvalue weighted by molar-refractivity contribution is 7.71. The Hall–Kier alpha value is -1.65. The summed E-state index contributed by atoms with van der Waals surface area (Å²) in [7, 11) is 0. The van der Waals surface area contributed by atoms with E-state index in [2.05, 4.69) is 9.97 Å². The molecule has 5 heteroatoms. The molecule has 0 saturated carbocycles. The van der Waals surface area contributed by atoms with Crippen LogP contribution in [-0.4, -0.2) is 14.5 Å². The van der Waals surface area contributed by atoms with Gasteiger partial charge >= 0.3 is 0 Å². The van der Waals surface area contributed by atoms with E-state index in [-0.39, 0.29) is 0 Å². The molecule has 1 aromatic carbocycles. The molecule has 3 nitrogen and oxygen atoms in total. The number of halogens is 1. The van der Waals surface area contributed by atoms with E-state index in [0.717, 1.165) is 27.3 Å². The molecule has 2 aromatic heterocycles. The lowest BCUT2D eigenvalue weighted by Gasteiger charge is -2.06. The maximum atomic E-state index is 6.20. The molecule has 1 N–H and O–H groups in total. The highest BCUT2D eigenvalue weighted by atomic mass is 35.5. The van der Waals surface area contributed by atoms with Crippen LogP contribution in [0.5, 0.6) is 0 Å². The Morgan fingerprint density at radius 3 is 2.89 bits per heavy atom. The summed E-state index contributed by atoms with van der Waals surface area (Å²) in [6.07, 6.45) is 1.80. The van der Waals surface area contributed by atoms with Crippen LogP contribution in [0.4, 0.5) is 0 Å². The first kappa shape index (κ1) is 12.4. The van der Waals surface area contributed by atoms with Crippen LogP contribution in [0.15, 0.2) is 36.5 Å². The normalized spacial score (nSPS) is 11.1. The third kappa shape index (κ3) is 2.17. The second-order valence-electron chi connectivity index (χ2n) is 4.43. The van der Waals surface area contributed by atoms with Crippen molar-refractivity contribution in [2.45, 2.75) is 13.5 Å². The Balaban J connectivity index is 2.16. The lowest BCUT2D eigenvalue weighted by Crippen LogP contribution is -2.01. The highest BCUT2D eigenvalue weighted by Gasteiger charge is 2.09. The van der Waals surface area contributed by atoms with Crippen LogP contribution in [0.25, 0.3) is 11.2 Å². The molecule has 0 radical (unpaired) electrons. The molecule has 0 atom stereocenters. The topological polar surface area (TPSA) is 33.6 Å². The molecule has 96 valence electrons. The molecule has 0 unspecified atom stereocenters. The summed E-state index contributed by atoms with van der Waals surface area (Å²) in [5, 5.41) is 0.742. The van der Waals surface area contributed by atoms with E-state index >= 15 is 0 Å². The summed E-state index contributed by atoms with van der Waals surface area (Å²) >= 11 is 11.6. The monoisotopic (exact) mass is 289 g/mol. The number of nitrogens with zero attached hydrogens (tertiary/aromatic N) is 2. The molecule has 0 spiro atoms. The van der Waals surface area contributed by atoms with Crippen molar-refractivity contribution in [3.8, 4) is 0 Å². The maximum Gasteiger partial charge on any atom is 0.179 e. The Bertz CT molecular complexity index is 804. The molecule has 0 amide bonds. The molecular formula is C14H12ClN3S. The van der Waals surface area contributed by atoms with Crippen LogP contribution >= 0.6 is 23.8 Å². The largest absolute Gasteiger partial charge is 0.329 e. The molecule has 19 heavy (non-hydrogen) atoms. The maximum absolute atomic E-state index is 6.20. The van der Waals surface area contributed by atoms with Crippen molar-refractivity contribution in [1.82, 2.24) is 14.5 Å². The lowest BCUT2D eigenvalue weighted by atomic mass is 10.2. The van der Waals surface area contributed by atoms with E-state index in [1.54, 1.807) is 6.20 Å². The van der Waals surface area contributed by atoms with Gasteiger partial charge in [0.2, 0.25) is 0 Å². The van der Waals surface area contributed by atoms with E-state index < -0.39 is 0 Å². The third-order valence-electron chi connectivity index (χ3n) is 3.16. The molecule has 0 bridgehead atoms.